The number of para-hydroxylation sites is 1. The average molecular weight is 304 g/mol. The van der Waals surface area contributed by atoms with Crippen LogP contribution in [0, 0.1) is 0 Å². The van der Waals surface area contributed by atoms with Crippen LogP contribution in [0.1, 0.15) is 25.0 Å². The lowest BCUT2D eigenvalue weighted by Crippen LogP contribution is -2.41. The van der Waals surface area contributed by atoms with Crippen molar-refractivity contribution >= 4 is 11.6 Å². The van der Waals surface area contributed by atoms with E-state index < -0.39 is 0 Å². The average Bonchev–Trinajstić information content (AvgIpc) is 2.53. The van der Waals surface area contributed by atoms with E-state index in [1.54, 1.807) is 0 Å². The molecule has 1 fully saturated rings. The van der Waals surface area contributed by atoms with Crippen LogP contribution in [-0.4, -0.2) is 50.3 Å². The van der Waals surface area contributed by atoms with Crippen LogP contribution in [-0.2, 0) is 17.6 Å². The Morgan fingerprint density at radius 3 is 2.64 bits per heavy atom. The van der Waals surface area contributed by atoms with Crippen molar-refractivity contribution < 1.29 is 4.74 Å². The van der Waals surface area contributed by atoms with E-state index in [2.05, 4.69) is 54.3 Å². The van der Waals surface area contributed by atoms with E-state index in [-0.39, 0.29) is 6.10 Å². The van der Waals surface area contributed by atoms with Gasteiger partial charge in [0.1, 0.15) is 0 Å². The van der Waals surface area contributed by atoms with E-state index in [0.29, 0.717) is 12.5 Å². The molecule has 1 unspecified atom stereocenters. The first-order valence-corrected chi connectivity index (χ1v) is 8.11. The summed E-state index contributed by atoms with van der Waals surface area (Å²) in [5.74, 6) is 0.465. The monoisotopic (exact) mass is 304 g/mol. The van der Waals surface area contributed by atoms with Gasteiger partial charge in [-0.2, -0.15) is 0 Å². The number of aryl methyl sites for hydroxylation is 2. The number of anilines is 1. The maximum atomic E-state index is 6.07. The molecule has 1 atom stereocenters. The zero-order valence-electron chi connectivity index (χ0n) is 13.9. The first kappa shape index (κ1) is 16.8. The van der Waals surface area contributed by atoms with Crippen molar-refractivity contribution in [2.75, 3.05) is 38.6 Å². The topological polar surface area (TPSA) is 62.9 Å². The fourth-order valence-electron chi connectivity index (χ4n) is 2.75. The third kappa shape index (κ3) is 4.45. The Balaban J connectivity index is 2.01. The highest BCUT2D eigenvalue weighted by Crippen LogP contribution is 2.22. The molecule has 0 aliphatic carbocycles. The zero-order chi connectivity index (χ0) is 15.9. The van der Waals surface area contributed by atoms with Gasteiger partial charge < -0.3 is 20.7 Å². The van der Waals surface area contributed by atoms with Crippen LogP contribution in [0.5, 0.6) is 0 Å². The quantitative estimate of drug-likeness (QED) is 0.644. The van der Waals surface area contributed by atoms with Crippen molar-refractivity contribution in [3.05, 3.63) is 29.3 Å². The lowest BCUT2D eigenvalue weighted by Gasteiger charge is -2.29. The molecular formula is C17H28N4O. The molecule has 1 aliphatic rings. The number of aliphatic imine (C=N–C) groups is 1. The SMILES string of the molecule is CCc1cccc(CC)c1NC(N)=NCC1CN(C)CCO1. The van der Waals surface area contributed by atoms with Gasteiger partial charge in [0.05, 0.1) is 19.3 Å². The first-order valence-electron chi connectivity index (χ1n) is 8.11. The molecule has 1 aromatic carbocycles. The standard InChI is InChI=1S/C17H28N4O/c1-4-13-7-6-8-14(5-2)16(13)20-17(18)19-11-15-12-21(3)9-10-22-15/h6-8,15H,4-5,9-12H2,1-3H3,(H3,18,19,20). The summed E-state index contributed by atoms with van der Waals surface area (Å²) in [6.07, 6.45) is 2.08. The predicted octanol–water partition coefficient (Wildman–Crippen LogP) is 1.87. The second-order valence-corrected chi connectivity index (χ2v) is 5.76. The summed E-state index contributed by atoms with van der Waals surface area (Å²) >= 11 is 0. The van der Waals surface area contributed by atoms with E-state index in [1.807, 2.05) is 0 Å². The minimum absolute atomic E-state index is 0.131. The number of ether oxygens (including phenoxy) is 1. The Morgan fingerprint density at radius 1 is 1.36 bits per heavy atom. The van der Waals surface area contributed by atoms with Crippen LogP contribution in [0.2, 0.25) is 0 Å². The van der Waals surface area contributed by atoms with Crippen molar-refractivity contribution in [1.29, 1.82) is 0 Å². The summed E-state index contributed by atoms with van der Waals surface area (Å²) in [5.41, 5.74) is 9.72. The molecule has 2 rings (SSSR count). The molecule has 0 aromatic heterocycles. The lowest BCUT2D eigenvalue weighted by molar-refractivity contribution is -0.0136. The molecule has 1 aliphatic heterocycles. The van der Waals surface area contributed by atoms with Crippen molar-refractivity contribution in [2.24, 2.45) is 10.7 Å². The molecule has 1 aromatic rings. The number of nitrogens with two attached hydrogens (primary N) is 1. The summed E-state index contributed by atoms with van der Waals surface area (Å²) in [5, 5.41) is 3.29. The van der Waals surface area contributed by atoms with Crippen LogP contribution < -0.4 is 11.1 Å². The highest BCUT2D eigenvalue weighted by atomic mass is 16.5. The van der Waals surface area contributed by atoms with Crippen LogP contribution in [0.25, 0.3) is 0 Å². The molecular weight excluding hydrogens is 276 g/mol. The van der Waals surface area contributed by atoms with E-state index in [4.69, 9.17) is 10.5 Å². The third-order valence-electron chi connectivity index (χ3n) is 4.06. The largest absolute Gasteiger partial charge is 0.374 e. The Morgan fingerprint density at radius 2 is 2.05 bits per heavy atom. The van der Waals surface area contributed by atoms with Gasteiger partial charge in [-0.1, -0.05) is 32.0 Å². The van der Waals surface area contributed by atoms with Crippen LogP contribution in [0.15, 0.2) is 23.2 Å². The third-order valence-corrected chi connectivity index (χ3v) is 4.06. The van der Waals surface area contributed by atoms with E-state index >= 15 is 0 Å². The van der Waals surface area contributed by atoms with E-state index in [1.165, 1.54) is 11.1 Å². The molecule has 22 heavy (non-hydrogen) atoms. The Labute approximate surface area is 133 Å². The fraction of sp³-hybridized carbons (Fsp3) is 0.588. The fourth-order valence-corrected chi connectivity index (χ4v) is 2.75. The Bertz CT molecular complexity index is 493. The first-order chi connectivity index (χ1) is 10.6. The number of likely N-dealkylation sites (N-methyl/N-ethyl adjacent to an activating group) is 1. The molecule has 0 radical (unpaired) electrons. The molecule has 3 N–H and O–H groups in total. The number of nitrogens with one attached hydrogen (secondary N) is 1. The number of morpholine rings is 1. The number of hydrogen-bond donors (Lipinski definition) is 2. The van der Waals surface area contributed by atoms with E-state index in [9.17, 15) is 0 Å². The van der Waals surface area contributed by atoms with Gasteiger partial charge in [0, 0.05) is 18.8 Å². The van der Waals surface area contributed by atoms with Gasteiger partial charge in [-0.05, 0) is 31.0 Å². The van der Waals surface area contributed by atoms with Crippen LogP contribution in [0.4, 0.5) is 5.69 Å². The molecule has 0 spiro atoms. The van der Waals surface area contributed by atoms with Gasteiger partial charge in [0.2, 0.25) is 0 Å². The molecule has 0 bridgehead atoms. The summed E-state index contributed by atoms with van der Waals surface area (Å²) in [4.78, 5) is 6.72. The maximum absolute atomic E-state index is 6.07. The Kier molecular flexibility index (Phi) is 6.21. The number of hydrogen-bond acceptors (Lipinski definition) is 3. The van der Waals surface area contributed by atoms with Crippen LogP contribution >= 0.6 is 0 Å². The molecule has 0 amide bonds. The van der Waals surface area contributed by atoms with Crippen LogP contribution in [0.3, 0.4) is 0 Å². The molecule has 5 heteroatoms. The van der Waals surface area contributed by atoms with Gasteiger partial charge in [-0.25, -0.2) is 0 Å². The predicted molar refractivity (Wildman–Crippen MR) is 92.5 cm³/mol. The second kappa shape index (κ2) is 8.15. The van der Waals surface area contributed by atoms with E-state index in [0.717, 1.165) is 38.2 Å². The smallest absolute Gasteiger partial charge is 0.193 e. The normalized spacial score (nSPS) is 20.1. The minimum Gasteiger partial charge on any atom is -0.374 e. The minimum atomic E-state index is 0.131. The van der Waals surface area contributed by atoms with Crippen molar-refractivity contribution in [2.45, 2.75) is 32.8 Å². The molecule has 1 saturated heterocycles. The van der Waals surface area contributed by atoms with Gasteiger partial charge in [0.25, 0.3) is 0 Å². The number of benzene rings is 1. The summed E-state index contributed by atoms with van der Waals surface area (Å²) < 4.78 is 5.71. The van der Waals surface area contributed by atoms with Crippen molar-refractivity contribution in [3.63, 3.8) is 0 Å². The highest BCUT2D eigenvalue weighted by Gasteiger charge is 2.17. The number of rotatable bonds is 5. The maximum Gasteiger partial charge on any atom is 0.193 e. The van der Waals surface area contributed by atoms with Gasteiger partial charge >= 0.3 is 0 Å². The summed E-state index contributed by atoms with van der Waals surface area (Å²) in [6, 6.07) is 6.36. The second-order valence-electron chi connectivity index (χ2n) is 5.76. The molecule has 1 heterocycles. The molecule has 5 nitrogen and oxygen atoms in total. The zero-order valence-corrected chi connectivity index (χ0v) is 13.9. The Hall–Kier alpha value is -1.59. The molecule has 0 saturated carbocycles. The summed E-state index contributed by atoms with van der Waals surface area (Å²) in [7, 11) is 2.10. The summed E-state index contributed by atoms with van der Waals surface area (Å²) in [6.45, 7) is 7.56. The lowest BCUT2D eigenvalue weighted by atomic mass is 10.0. The number of nitrogens with zero attached hydrogens (tertiary/aromatic N) is 2. The van der Waals surface area contributed by atoms with Gasteiger partial charge in [-0.3, -0.25) is 4.99 Å². The van der Waals surface area contributed by atoms with Crippen molar-refractivity contribution in [1.82, 2.24) is 4.90 Å². The van der Waals surface area contributed by atoms with Crippen molar-refractivity contribution in [3.8, 4) is 0 Å². The number of guanidine groups is 1. The molecule has 122 valence electrons. The van der Waals surface area contributed by atoms with Gasteiger partial charge in [0.15, 0.2) is 5.96 Å². The van der Waals surface area contributed by atoms with Gasteiger partial charge in [-0.15, -0.1) is 0 Å². The highest BCUT2D eigenvalue weighted by molar-refractivity contribution is 5.93.